The number of imide groups is 1. The van der Waals surface area contributed by atoms with Crippen molar-refractivity contribution in [1.82, 2.24) is 4.90 Å². The summed E-state index contributed by atoms with van der Waals surface area (Å²) < 4.78 is 12.5. The van der Waals surface area contributed by atoms with Crippen molar-refractivity contribution < 1.29 is 19.1 Å². The smallest absolute Gasteiger partial charge is 0.293 e. The third kappa shape index (κ3) is 6.10. The molecule has 0 bridgehead atoms. The Morgan fingerprint density at radius 2 is 1.80 bits per heavy atom. The van der Waals surface area contributed by atoms with Crippen molar-refractivity contribution in [1.29, 1.82) is 0 Å². The van der Waals surface area contributed by atoms with Crippen LogP contribution < -0.4 is 9.47 Å². The first kappa shape index (κ1) is 25.4. The number of carbonyl (C=O) groups excluding carboxylic acids is 2. The van der Waals surface area contributed by atoms with Crippen molar-refractivity contribution in [3.05, 3.63) is 97.3 Å². The predicted molar refractivity (Wildman–Crippen MR) is 144 cm³/mol. The zero-order valence-corrected chi connectivity index (χ0v) is 22.4. The lowest BCUT2D eigenvalue weighted by atomic mass is 10.1. The molecule has 4 rings (SSSR count). The molecule has 0 atom stereocenters. The van der Waals surface area contributed by atoms with Gasteiger partial charge in [-0.3, -0.25) is 14.5 Å². The van der Waals surface area contributed by atoms with Gasteiger partial charge in [0.25, 0.3) is 11.1 Å². The van der Waals surface area contributed by atoms with Crippen LogP contribution in [0.2, 0.25) is 5.02 Å². The van der Waals surface area contributed by atoms with Gasteiger partial charge in [0.2, 0.25) is 0 Å². The molecule has 1 heterocycles. The van der Waals surface area contributed by atoms with Gasteiger partial charge in [-0.05, 0) is 76.9 Å². The summed E-state index contributed by atoms with van der Waals surface area (Å²) in [5, 5.41) is 0.338. The maximum Gasteiger partial charge on any atom is 0.293 e. The summed E-state index contributed by atoms with van der Waals surface area (Å²) in [7, 11) is 0. The summed E-state index contributed by atoms with van der Waals surface area (Å²) in [6, 6.07) is 18.9. The first-order valence-electron chi connectivity index (χ1n) is 11.0. The Labute approximate surface area is 222 Å². The van der Waals surface area contributed by atoms with Gasteiger partial charge in [0.1, 0.15) is 6.61 Å². The van der Waals surface area contributed by atoms with Gasteiger partial charge >= 0.3 is 0 Å². The van der Waals surface area contributed by atoms with E-state index < -0.39 is 0 Å². The second kappa shape index (κ2) is 11.3. The molecule has 3 aromatic rings. The number of hydrogen-bond donors (Lipinski definition) is 0. The van der Waals surface area contributed by atoms with Crippen LogP contribution in [0.25, 0.3) is 6.08 Å². The number of thioether (sulfide) groups is 1. The van der Waals surface area contributed by atoms with E-state index in [0.717, 1.165) is 28.5 Å². The summed E-state index contributed by atoms with van der Waals surface area (Å²) in [5.41, 5.74) is 3.60. The highest BCUT2D eigenvalue weighted by Crippen LogP contribution is 2.40. The summed E-state index contributed by atoms with van der Waals surface area (Å²) in [5.74, 6) is 0.754. The van der Waals surface area contributed by atoms with Crippen molar-refractivity contribution >= 4 is 56.5 Å². The molecule has 35 heavy (non-hydrogen) atoms. The topological polar surface area (TPSA) is 55.8 Å². The molecule has 1 saturated heterocycles. The van der Waals surface area contributed by atoms with E-state index in [9.17, 15) is 9.59 Å². The van der Waals surface area contributed by atoms with Gasteiger partial charge in [-0.2, -0.15) is 0 Å². The molecule has 0 aromatic heterocycles. The minimum atomic E-state index is -0.311. The van der Waals surface area contributed by atoms with Gasteiger partial charge in [-0.25, -0.2) is 0 Å². The van der Waals surface area contributed by atoms with Crippen molar-refractivity contribution in [2.75, 3.05) is 6.61 Å². The number of aryl methyl sites for hydroxylation is 1. The van der Waals surface area contributed by atoms with Gasteiger partial charge in [0, 0.05) is 10.6 Å². The maximum atomic E-state index is 13.0. The van der Waals surface area contributed by atoms with E-state index in [4.69, 9.17) is 21.1 Å². The lowest BCUT2D eigenvalue weighted by Crippen LogP contribution is -2.27. The van der Waals surface area contributed by atoms with E-state index in [0.29, 0.717) is 38.1 Å². The third-order valence-corrected chi connectivity index (χ3v) is 7.16. The fourth-order valence-corrected chi connectivity index (χ4v) is 5.11. The van der Waals surface area contributed by atoms with Crippen molar-refractivity contribution in [3.8, 4) is 11.5 Å². The quantitative estimate of drug-likeness (QED) is 0.260. The SMILES string of the molecule is CCOc1cc(/C=C2\SC(=O)N(Cc3ccc(C)cc3)C2=O)cc(Br)c1OCc1ccccc1Cl. The highest BCUT2D eigenvalue weighted by Gasteiger charge is 2.35. The molecule has 1 fully saturated rings. The maximum absolute atomic E-state index is 13.0. The first-order valence-corrected chi connectivity index (χ1v) is 13.0. The molecule has 3 aromatic carbocycles. The molecule has 2 amide bonds. The van der Waals surface area contributed by atoms with Crippen LogP contribution in [-0.4, -0.2) is 22.7 Å². The summed E-state index contributed by atoms with van der Waals surface area (Å²) in [6.07, 6.45) is 1.70. The molecule has 180 valence electrons. The fraction of sp³-hybridized carbons (Fsp3) is 0.185. The lowest BCUT2D eigenvalue weighted by Gasteiger charge is -2.15. The van der Waals surface area contributed by atoms with E-state index in [2.05, 4.69) is 15.9 Å². The highest BCUT2D eigenvalue weighted by atomic mass is 79.9. The molecule has 0 aliphatic carbocycles. The van der Waals surface area contributed by atoms with Crippen LogP contribution in [0.1, 0.15) is 29.2 Å². The Morgan fingerprint density at radius 3 is 2.51 bits per heavy atom. The van der Waals surface area contributed by atoms with Crippen LogP contribution in [0.5, 0.6) is 11.5 Å². The van der Waals surface area contributed by atoms with Crippen LogP contribution in [0, 0.1) is 6.92 Å². The molecule has 1 aliphatic rings. The zero-order chi connectivity index (χ0) is 24.9. The van der Waals surface area contributed by atoms with Gasteiger partial charge in [-0.1, -0.05) is 59.6 Å². The Balaban J connectivity index is 1.55. The van der Waals surface area contributed by atoms with Gasteiger partial charge in [-0.15, -0.1) is 0 Å². The van der Waals surface area contributed by atoms with Crippen LogP contribution in [0.3, 0.4) is 0 Å². The van der Waals surface area contributed by atoms with E-state index in [1.807, 2.05) is 68.4 Å². The van der Waals surface area contributed by atoms with Crippen LogP contribution in [0.15, 0.2) is 70.0 Å². The number of ether oxygens (including phenoxy) is 2. The minimum absolute atomic E-state index is 0.241. The summed E-state index contributed by atoms with van der Waals surface area (Å²) >= 11 is 10.7. The molecule has 0 unspecified atom stereocenters. The highest BCUT2D eigenvalue weighted by molar-refractivity contribution is 9.10. The molecule has 0 saturated carbocycles. The van der Waals surface area contributed by atoms with Gasteiger partial charge < -0.3 is 9.47 Å². The molecular weight excluding hydrogens is 550 g/mol. The van der Waals surface area contributed by atoms with E-state index in [-0.39, 0.29) is 24.3 Å². The van der Waals surface area contributed by atoms with Crippen molar-refractivity contribution in [3.63, 3.8) is 0 Å². The lowest BCUT2D eigenvalue weighted by molar-refractivity contribution is -0.123. The summed E-state index contributed by atoms with van der Waals surface area (Å²) in [4.78, 5) is 27.2. The Bertz CT molecular complexity index is 1290. The molecule has 0 radical (unpaired) electrons. The monoisotopic (exact) mass is 571 g/mol. The third-order valence-electron chi connectivity index (χ3n) is 5.29. The van der Waals surface area contributed by atoms with Crippen molar-refractivity contribution in [2.45, 2.75) is 27.0 Å². The Morgan fingerprint density at radius 1 is 1.06 bits per heavy atom. The van der Waals surface area contributed by atoms with Gasteiger partial charge in [0.05, 0.1) is 22.5 Å². The fourth-order valence-electron chi connectivity index (χ4n) is 3.50. The molecule has 0 spiro atoms. The summed E-state index contributed by atoms with van der Waals surface area (Å²) in [6.45, 7) is 4.83. The average molecular weight is 573 g/mol. The zero-order valence-electron chi connectivity index (χ0n) is 19.2. The van der Waals surface area contributed by atoms with Crippen molar-refractivity contribution in [2.24, 2.45) is 0 Å². The number of halogens is 2. The van der Waals surface area contributed by atoms with Crippen LogP contribution >= 0.6 is 39.3 Å². The Kier molecular flexibility index (Phi) is 8.21. The number of rotatable bonds is 8. The number of amides is 2. The van der Waals surface area contributed by atoms with Gasteiger partial charge in [0.15, 0.2) is 11.5 Å². The van der Waals surface area contributed by atoms with E-state index >= 15 is 0 Å². The predicted octanol–water partition coefficient (Wildman–Crippen LogP) is 7.63. The number of carbonyl (C=O) groups is 2. The first-order chi connectivity index (χ1) is 16.9. The second-order valence-corrected chi connectivity index (χ2v) is 10.2. The average Bonchev–Trinajstić information content (AvgIpc) is 3.08. The standard InChI is InChI=1S/C27H23BrClNO4S/c1-3-33-23-13-19(12-21(28)25(23)34-16-20-6-4-5-7-22(20)29)14-24-26(31)30(27(32)35-24)15-18-10-8-17(2)9-11-18/h4-14H,3,15-16H2,1-2H3/b24-14-. The molecule has 5 nitrogen and oxygen atoms in total. The van der Waals surface area contributed by atoms with Crippen LogP contribution in [0.4, 0.5) is 4.79 Å². The molecule has 0 N–H and O–H groups in total. The normalized spacial score (nSPS) is 14.6. The second-order valence-electron chi connectivity index (χ2n) is 7.90. The number of benzene rings is 3. The molecule has 8 heteroatoms. The van der Waals surface area contributed by atoms with Crippen LogP contribution in [-0.2, 0) is 17.9 Å². The van der Waals surface area contributed by atoms with E-state index in [1.54, 1.807) is 12.1 Å². The number of hydrogen-bond acceptors (Lipinski definition) is 5. The van der Waals surface area contributed by atoms with E-state index in [1.165, 1.54) is 4.90 Å². The molecular formula is C27H23BrClNO4S. The largest absolute Gasteiger partial charge is 0.490 e. The number of nitrogens with zero attached hydrogens (tertiary/aromatic N) is 1. The molecule has 1 aliphatic heterocycles. The minimum Gasteiger partial charge on any atom is -0.490 e. The Hall–Kier alpha value is -2.74.